The smallest absolute Gasteiger partial charge is 0.311 e. The molecule has 0 fully saturated rings. The van der Waals surface area contributed by atoms with Crippen LogP contribution in [0.4, 0.5) is 5.69 Å². The van der Waals surface area contributed by atoms with E-state index in [1.54, 1.807) is 6.07 Å². The zero-order chi connectivity index (χ0) is 18.4. The fourth-order valence-electron chi connectivity index (χ4n) is 2.00. The minimum atomic E-state index is -0.705. The number of carbonyl (C=O) groups excluding carboxylic acids is 1. The Morgan fingerprint density at radius 1 is 1.36 bits per heavy atom. The first kappa shape index (κ1) is 17.9. The molecule has 0 aromatic heterocycles. The number of nitrogens with zero attached hydrogens (tertiary/aromatic N) is 2. The molecule has 0 heterocycles. The average molecular weight is 343 g/mol. The highest BCUT2D eigenvalue weighted by molar-refractivity contribution is 5.84. The molecule has 0 radical (unpaired) electrons. The van der Waals surface area contributed by atoms with Gasteiger partial charge in [-0.15, -0.1) is 0 Å². The minimum absolute atomic E-state index is 0.211. The van der Waals surface area contributed by atoms with Crippen LogP contribution in [0.1, 0.15) is 16.7 Å². The van der Waals surface area contributed by atoms with Gasteiger partial charge in [-0.2, -0.15) is 5.10 Å². The maximum absolute atomic E-state index is 11.7. The molecule has 0 spiro atoms. The number of hydrogen-bond acceptors (Lipinski definition) is 6. The van der Waals surface area contributed by atoms with Crippen LogP contribution in [0.2, 0.25) is 0 Å². The molecule has 2 rings (SSSR count). The first-order chi connectivity index (χ1) is 11.9. The summed E-state index contributed by atoms with van der Waals surface area (Å²) in [5, 5.41) is 23.8. The summed E-state index contributed by atoms with van der Waals surface area (Å²) in [6.45, 7) is 3.64. The van der Waals surface area contributed by atoms with Gasteiger partial charge in [-0.05, 0) is 43.2 Å². The van der Waals surface area contributed by atoms with E-state index in [2.05, 4.69) is 10.5 Å². The Morgan fingerprint density at radius 3 is 2.84 bits per heavy atom. The third kappa shape index (κ3) is 4.77. The van der Waals surface area contributed by atoms with Crippen molar-refractivity contribution in [3.63, 3.8) is 0 Å². The van der Waals surface area contributed by atoms with Crippen molar-refractivity contribution in [2.45, 2.75) is 13.8 Å². The zero-order valence-corrected chi connectivity index (χ0v) is 13.7. The molecule has 0 saturated carbocycles. The number of ether oxygens (including phenoxy) is 1. The number of hydrazone groups is 1. The number of benzene rings is 2. The number of carbonyl (C=O) groups is 1. The highest BCUT2D eigenvalue weighted by Gasteiger charge is 2.12. The van der Waals surface area contributed by atoms with Gasteiger partial charge in [-0.25, -0.2) is 5.43 Å². The summed E-state index contributed by atoms with van der Waals surface area (Å²) < 4.78 is 5.44. The lowest BCUT2D eigenvalue weighted by Crippen LogP contribution is -2.24. The summed E-state index contributed by atoms with van der Waals surface area (Å²) in [7, 11) is 0. The number of phenols is 1. The number of amides is 1. The molecule has 8 heteroatoms. The standard InChI is InChI=1S/C17H17N3O5/c1-11-4-3-5-16(12(11)2)25-10-17(22)19-18-9-13-6-7-15(21)14(8-13)20(23)24/h3-9,21H,10H2,1-2H3,(H,19,22)/b18-9-. The summed E-state index contributed by atoms with van der Waals surface area (Å²) in [6.07, 6.45) is 1.24. The van der Waals surface area contributed by atoms with Crippen LogP contribution < -0.4 is 10.2 Å². The van der Waals surface area contributed by atoms with E-state index >= 15 is 0 Å². The number of rotatable bonds is 6. The molecule has 2 aromatic rings. The molecule has 0 aliphatic heterocycles. The van der Waals surface area contributed by atoms with Gasteiger partial charge in [0.2, 0.25) is 0 Å². The second kappa shape index (κ2) is 7.91. The summed E-state index contributed by atoms with van der Waals surface area (Å²) in [4.78, 5) is 21.8. The molecule has 0 saturated heterocycles. The highest BCUT2D eigenvalue weighted by Crippen LogP contribution is 2.25. The van der Waals surface area contributed by atoms with Crippen molar-refractivity contribution < 1.29 is 19.6 Å². The normalized spacial score (nSPS) is 10.6. The van der Waals surface area contributed by atoms with Crippen molar-refractivity contribution in [1.82, 2.24) is 5.43 Å². The van der Waals surface area contributed by atoms with Crippen LogP contribution in [0.25, 0.3) is 0 Å². The monoisotopic (exact) mass is 343 g/mol. The maximum atomic E-state index is 11.7. The van der Waals surface area contributed by atoms with E-state index in [0.717, 1.165) is 17.2 Å². The minimum Gasteiger partial charge on any atom is -0.502 e. The molecule has 0 unspecified atom stereocenters. The van der Waals surface area contributed by atoms with Crippen LogP contribution in [0.5, 0.6) is 11.5 Å². The molecule has 0 aliphatic rings. The quantitative estimate of drug-likeness (QED) is 0.475. The largest absolute Gasteiger partial charge is 0.502 e. The number of nitro benzene ring substituents is 1. The lowest BCUT2D eigenvalue weighted by Gasteiger charge is -2.09. The van der Waals surface area contributed by atoms with E-state index in [0.29, 0.717) is 11.3 Å². The molecule has 0 aliphatic carbocycles. The van der Waals surface area contributed by atoms with Gasteiger partial charge in [0.15, 0.2) is 12.4 Å². The SMILES string of the molecule is Cc1cccc(OCC(=O)N/N=C\c2ccc(O)c([N+](=O)[O-])c2)c1C. The Labute approximate surface area is 143 Å². The number of nitro groups is 1. The Morgan fingerprint density at radius 2 is 2.12 bits per heavy atom. The van der Waals surface area contributed by atoms with Crippen LogP contribution in [0.15, 0.2) is 41.5 Å². The van der Waals surface area contributed by atoms with Crippen molar-refractivity contribution in [2.75, 3.05) is 6.61 Å². The fourth-order valence-corrected chi connectivity index (χ4v) is 2.00. The summed E-state index contributed by atoms with van der Waals surface area (Å²) >= 11 is 0. The number of aromatic hydroxyl groups is 1. The first-order valence-electron chi connectivity index (χ1n) is 7.37. The van der Waals surface area contributed by atoms with E-state index in [-0.39, 0.29) is 6.61 Å². The van der Waals surface area contributed by atoms with Gasteiger partial charge >= 0.3 is 5.69 Å². The lowest BCUT2D eigenvalue weighted by atomic mass is 10.1. The Hall–Kier alpha value is -3.42. The van der Waals surface area contributed by atoms with Crippen LogP contribution in [-0.2, 0) is 4.79 Å². The van der Waals surface area contributed by atoms with Crippen LogP contribution in [-0.4, -0.2) is 28.8 Å². The van der Waals surface area contributed by atoms with Gasteiger partial charge in [0, 0.05) is 11.6 Å². The zero-order valence-electron chi connectivity index (χ0n) is 13.7. The molecule has 0 atom stereocenters. The number of phenolic OH excluding ortho intramolecular Hbond substituents is 1. The van der Waals surface area contributed by atoms with Gasteiger partial charge in [0.1, 0.15) is 5.75 Å². The predicted octanol–water partition coefficient (Wildman–Crippen LogP) is 2.45. The van der Waals surface area contributed by atoms with E-state index in [1.165, 1.54) is 18.3 Å². The van der Waals surface area contributed by atoms with Crippen molar-refractivity contribution >= 4 is 17.8 Å². The molecule has 2 N–H and O–H groups in total. The Balaban J connectivity index is 1.91. The van der Waals surface area contributed by atoms with Crippen LogP contribution in [0, 0.1) is 24.0 Å². The predicted molar refractivity (Wildman–Crippen MR) is 91.9 cm³/mol. The number of nitrogens with one attached hydrogen (secondary N) is 1. The van der Waals surface area contributed by atoms with Crippen molar-refractivity contribution in [3.05, 3.63) is 63.2 Å². The number of aryl methyl sites for hydroxylation is 1. The van der Waals surface area contributed by atoms with E-state index in [9.17, 15) is 20.0 Å². The Bertz CT molecular complexity index is 833. The molecular formula is C17H17N3O5. The molecule has 0 bridgehead atoms. The molecule has 1 amide bonds. The lowest BCUT2D eigenvalue weighted by molar-refractivity contribution is -0.385. The van der Waals surface area contributed by atoms with Crippen LogP contribution >= 0.6 is 0 Å². The second-order valence-electron chi connectivity index (χ2n) is 5.29. The summed E-state index contributed by atoms with van der Waals surface area (Å²) in [6, 6.07) is 9.33. The molecule has 130 valence electrons. The fraction of sp³-hybridized carbons (Fsp3) is 0.176. The number of hydrogen-bond donors (Lipinski definition) is 2. The van der Waals surface area contributed by atoms with Gasteiger partial charge in [-0.3, -0.25) is 14.9 Å². The van der Waals surface area contributed by atoms with Gasteiger partial charge in [-0.1, -0.05) is 12.1 Å². The van der Waals surface area contributed by atoms with Gasteiger partial charge < -0.3 is 9.84 Å². The molecular weight excluding hydrogens is 326 g/mol. The molecule has 25 heavy (non-hydrogen) atoms. The third-order valence-corrected chi connectivity index (χ3v) is 3.51. The van der Waals surface area contributed by atoms with Crippen molar-refractivity contribution in [2.24, 2.45) is 5.10 Å². The summed E-state index contributed by atoms with van der Waals surface area (Å²) in [5.74, 6) is -0.285. The molecule has 8 nitrogen and oxygen atoms in total. The van der Waals surface area contributed by atoms with Crippen molar-refractivity contribution in [3.8, 4) is 11.5 Å². The molecule has 2 aromatic carbocycles. The second-order valence-corrected chi connectivity index (χ2v) is 5.29. The first-order valence-corrected chi connectivity index (χ1v) is 7.37. The summed E-state index contributed by atoms with van der Waals surface area (Å²) in [5.41, 5.74) is 4.21. The third-order valence-electron chi connectivity index (χ3n) is 3.51. The topological polar surface area (TPSA) is 114 Å². The maximum Gasteiger partial charge on any atom is 0.311 e. The van der Waals surface area contributed by atoms with Crippen LogP contribution in [0.3, 0.4) is 0 Å². The van der Waals surface area contributed by atoms with Crippen molar-refractivity contribution in [1.29, 1.82) is 0 Å². The average Bonchev–Trinajstić information content (AvgIpc) is 2.57. The van der Waals surface area contributed by atoms with E-state index < -0.39 is 22.3 Å². The van der Waals surface area contributed by atoms with Gasteiger partial charge in [0.05, 0.1) is 11.1 Å². The van der Waals surface area contributed by atoms with E-state index in [1.807, 2.05) is 26.0 Å². The highest BCUT2D eigenvalue weighted by atomic mass is 16.6. The van der Waals surface area contributed by atoms with Gasteiger partial charge in [0.25, 0.3) is 5.91 Å². The van der Waals surface area contributed by atoms with E-state index in [4.69, 9.17) is 4.74 Å². The Kier molecular flexibility index (Phi) is 5.67.